The van der Waals surface area contributed by atoms with E-state index in [2.05, 4.69) is 4.98 Å². The first-order valence-electron chi connectivity index (χ1n) is 10.5. The maximum Gasteiger partial charge on any atom is 0.254 e. The number of carbonyl (C=O) groups excluding carboxylic acids is 1. The van der Waals surface area contributed by atoms with Gasteiger partial charge in [0.1, 0.15) is 18.2 Å². The largest absolute Gasteiger partial charge is 0.489 e. The van der Waals surface area contributed by atoms with Crippen molar-refractivity contribution in [2.45, 2.75) is 19.7 Å². The van der Waals surface area contributed by atoms with Crippen molar-refractivity contribution in [3.05, 3.63) is 130 Å². The monoisotopic (exact) mass is 460 g/mol. The maximum atomic E-state index is 13.3. The molecule has 0 radical (unpaired) electrons. The molecule has 1 amide bonds. The molecule has 1 heterocycles. The fourth-order valence-corrected chi connectivity index (χ4v) is 3.61. The van der Waals surface area contributed by atoms with E-state index < -0.39 is 0 Å². The predicted octanol–water partition coefficient (Wildman–Crippen LogP) is 6.30. The van der Waals surface area contributed by atoms with E-state index >= 15 is 0 Å². The Morgan fingerprint density at radius 2 is 1.55 bits per heavy atom. The third-order valence-electron chi connectivity index (χ3n) is 5.07. The van der Waals surface area contributed by atoms with Crippen molar-refractivity contribution < 1.29 is 13.9 Å². The van der Waals surface area contributed by atoms with Gasteiger partial charge in [0, 0.05) is 36.1 Å². The Balaban J connectivity index is 1.47. The molecule has 166 valence electrons. The van der Waals surface area contributed by atoms with E-state index in [1.165, 1.54) is 12.1 Å². The average molecular weight is 461 g/mol. The summed E-state index contributed by atoms with van der Waals surface area (Å²) in [6.45, 7) is 1.13. The van der Waals surface area contributed by atoms with Crippen molar-refractivity contribution >= 4 is 17.5 Å². The molecule has 0 N–H and O–H groups in total. The van der Waals surface area contributed by atoms with Crippen molar-refractivity contribution in [3.8, 4) is 5.75 Å². The predicted molar refractivity (Wildman–Crippen MR) is 126 cm³/mol. The van der Waals surface area contributed by atoms with Crippen molar-refractivity contribution in [1.82, 2.24) is 9.88 Å². The number of rotatable bonds is 8. The molecular weight excluding hydrogens is 439 g/mol. The average Bonchev–Trinajstić information content (AvgIpc) is 2.83. The lowest BCUT2D eigenvalue weighted by molar-refractivity contribution is 0.0730. The van der Waals surface area contributed by atoms with Crippen LogP contribution in [0, 0.1) is 5.82 Å². The van der Waals surface area contributed by atoms with E-state index in [0.29, 0.717) is 29.4 Å². The van der Waals surface area contributed by atoms with Crippen LogP contribution >= 0.6 is 11.6 Å². The molecule has 4 nitrogen and oxygen atoms in total. The first-order chi connectivity index (χ1) is 16.1. The summed E-state index contributed by atoms with van der Waals surface area (Å²) in [5.74, 6) is 0.274. The molecule has 0 aliphatic carbocycles. The Hall–Kier alpha value is -3.70. The molecule has 0 saturated carbocycles. The minimum absolute atomic E-state index is 0.110. The van der Waals surface area contributed by atoms with Gasteiger partial charge in [-0.3, -0.25) is 9.78 Å². The van der Waals surface area contributed by atoms with Gasteiger partial charge in [-0.15, -0.1) is 0 Å². The van der Waals surface area contributed by atoms with E-state index in [1.54, 1.807) is 47.6 Å². The number of carbonyl (C=O) groups is 1. The van der Waals surface area contributed by atoms with Gasteiger partial charge in [-0.05, 0) is 71.3 Å². The van der Waals surface area contributed by atoms with Crippen LogP contribution in [0.25, 0.3) is 0 Å². The SMILES string of the molecule is O=C(c1cccc(Cl)c1)N(Cc1ccncc1)Cc1ccc(OCc2cccc(F)c2)cc1. The smallest absolute Gasteiger partial charge is 0.254 e. The van der Waals surface area contributed by atoms with Gasteiger partial charge in [0.15, 0.2) is 0 Å². The number of benzene rings is 3. The van der Waals surface area contributed by atoms with Gasteiger partial charge < -0.3 is 9.64 Å². The zero-order valence-corrected chi connectivity index (χ0v) is 18.6. The summed E-state index contributed by atoms with van der Waals surface area (Å²) in [7, 11) is 0. The Bertz CT molecular complexity index is 1220. The third-order valence-corrected chi connectivity index (χ3v) is 5.31. The molecule has 1 aromatic heterocycles. The standard InChI is InChI=1S/C27H22ClFN2O2/c28-24-5-2-4-23(16-24)27(32)31(18-21-11-13-30-14-12-21)17-20-7-9-26(10-8-20)33-19-22-3-1-6-25(29)15-22/h1-16H,17-19H2. The van der Waals surface area contributed by atoms with Crippen LogP contribution in [0.4, 0.5) is 4.39 Å². The number of amides is 1. The van der Waals surface area contributed by atoms with Crippen LogP contribution in [-0.2, 0) is 19.7 Å². The van der Waals surface area contributed by atoms with Crippen LogP contribution in [0.3, 0.4) is 0 Å². The van der Waals surface area contributed by atoms with Gasteiger partial charge in [0.05, 0.1) is 0 Å². The second-order valence-electron chi connectivity index (χ2n) is 7.59. The van der Waals surface area contributed by atoms with Crippen molar-refractivity contribution in [2.24, 2.45) is 0 Å². The molecule has 4 rings (SSSR count). The van der Waals surface area contributed by atoms with E-state index in [0.717, 1.165) is 16.7 Å². The van der Waals surface area contributed by atoms with Gasteiger partial charge in [0.2, 0.25) is 0 Å². The highest BCUT2D eigenvalue weighted by atomic mass is 35.5. The van der Waals surface area contributed by atoms with Gasteiger partial charge in [-0.1, -0.05) is 41.9 Å². The van der Waals surface area contributed by atoms with Gasteiger partial charge in [-0.2, -0.15) is 0 Å². The van der Waals surface area contributed by atoms with Crippen LogP contribution in [0.5, 0.6) is 5.75 Å². The van der Waals surface area contributed by atoms with E-state index in [1.807, 2.05) is 42.5 Å². The van der Waals surface area contributed by atoms with Crippen molar-refractivity contribution in [2.75, 3.05) is 0 Å². The number of nitrogens with zero attached hydrogens (tertiary/aromatic N) is 2. The summed E-state index contributed by atoms with van der Waals surface area (Å²) in [6, 6.07) is 24.6. The molecule has 0 spiro atoms. The first kappa shape index (κ1) is 22.5. The van der Waals surface area contributed by atoms with E-state index in [4.69, 9.17) is 16.3 Å². The molecule has 0 fully saturated rings. The Labute approximate surface area is 197 Å². The first-order valence-corrected chi connectivity index (χ1v) is 10.8. The number of halogens is 2. The molecule has 33 heavy (non-hydrogen) atoms. The van der Waals surface area contributed by atoms with Gasteiger partial charge in [-0.25, -0.2) is 4.39 Å². The molecule has 0 bridgehead atoms. The summed E-state index contributed by atoms with van der Waals surface area (Å²) in [4.78, 5) is 19.1. The minimum atomic E-state index is -0.287. The molecule has 0 saturated heterocycles. The summed E-state index contributed by atoms with van der Waals surface area (Å²) in [6.07, 6.45) is 3.42. The Kier molecular flexibility index (Phi) is 7.33. The summed E-state index contributed by atoms with van der Waals surface area (Å²) in [5, 5.41) is 0.518. The number of hydrogen-bond acceptors (Lipinski definition) is 3. The Morgan fingerprint density at radius 1 is 0.848 bits per heavy atom. The molecule has 0 aliphatic rings. The highest BCUT2D eigenvalue weighted by Crippen LogP contribution is 2.19. The number of aromatic nitrogens is 1. The van der Waals surface area contributed by atoms with Crippen LogP contribution in [0.1, 0.15) is 27.0 Å². The number of hydrogen-bond donors (Lipinski definition) is 0. The summed E-state index contributed by atoms with van der Waals surface area (Å²) >= 11 is 6.10. The molecule has 3 aromatic carbocycles. The topological polar surface area (TPSA) is 42.4 Å². The van der Waals surface area contributed by atoms with Gasteiger partial charge >= 0.3 is 0 Å². The lowest BCUT2D eigenvalue weighted by Gasteiger charge is -2.23. The highest BCUT2D eigenvalue weighted by molar-refractivity contribution is 6.30. The quantitative estimate of drug-likeness (QED) is 0.310. The molecule has 4 aromatic rings. The molecule has 0 atom stereocenters. The third kappa shape index (κ3) is 6.40. The minimum Gasteiger partial charge on any atom is -0.489 e. The van der Waals surface area contributed by atoms with Crippen LogP contribution < -0.4 is 4.74 Å². The lowest BCUT2D eigenvalue weighted by atomic mass is 10.1. The lowest BCUT2D eigenvalue weighted by Crippen LogP contribution is -2.30. The molecule has 6 heteroatoms. The fraction of sp³-hybridized carbons (Fsp3) is 0.111. The molecule has 0 aliphatic heterocycles. The maximum absolute atomic E-state index is 13.3. The summed E-state index contributed by atoms with van der Waals surface area (Å²) < 4.78 is 19.1. The molecule has 0 unspecified atom stereocenters. The van der Waals surface area contributed by atoms with E-state index in [9.17, 15) is 9.18 Å². The van der Waals surface area contributed by atoms with Gasteiger partial charge in [0.25, 0.3) is 5.91 Å². The summed E-state index contributed by atoms with van der Waals surface area (Å²) in [5.41, 5.74) is 3.23. The zero-order valence-electron chi connectivity index (χ0n) is 17.8. The second-order valence-corrected chi connectivity index (χ2v) is 8.03. The van der Waals surface area contributed by atoms with Crippen molar-refractivity contribution in [1.29, 1.82) is 0 Å². The van der Waals surface area contributed by atoms with Crippen LogP contribution in [0.15, 0.2) is 97.3 Å². The fourth-order valence-electron chi connectivity index (χ4n) is 3.42. The zero-order chi connectivity index (χ0) is 23.0. The van der Waals surface area contributed by atoms with Crippen molar-refractivity contribution in [3.63, 3.8) is 0 Å². The normalized spacial score (nSPS) is 10.6. The molecular formula is C27H22ClFN2O2. The van der Waals surface area contributed by atoms with E-state index in [-0.39, 0.29) is 18.3 Å². The Morgan fingerprint density at radius 3 is 2.24 bits per heavy atom. The second kappa shape index (κ2) is 10.7. The van der Waals surface area contributed by atoms with Crippen LogP contribution in [-0.4, -0.2) is 15.8 Å². The number of ether oxygens (including phenoxy) is 1. The number of pyridine rings is 1. The van der Waals surface area contributed by atoms with Crippen LogP contribution in [0.2, 0.25) is 5.02 Å². The highest BCUT2D eigenvalue weighted by Gasteiger charge is 2.17.